The molecule has 0 heterocycles. The largest absolute Gasteiger partial charge is 0.481 e. The molecule has 0 bridgehead atoms. The number of aliphatic carboxylic acids is 1. The van der Waals surface area contributed by atoms with Crippen molar-refractivity contribution in [2.75, 3.05) is 33.7 Å². The highest BCUT2D eigenvalue weighted by molar-refractivity contribution is 5.78. The third-order valence-corrected chi connectivity index (χ3v) is 3.25. The fourth-order valence-electron chi connectivity index (χ4n) is 1.91. The van der Waals surface area contributed by atoms with E-state index < -0.39 is 11.9 Å². The Kier molecular flexibility index (Phi) is 6.18. The van der Waals surface area contributed by atoms with Crippen molar-refractivity contribution in [1.82, 2.24) is 9.80 Å². The van der Waals surface area contributed by atoms with Crippen LogP contribution in [0.3, 0.4) is 0 Å². The highest BCUT2D eigenvalue weighted by Crippen LogP contribution is 2.17. The summed E-state index contributed by atoms with van der Waals surface area (Å²) < 4.78 is 0. The maximum atomic E-state index is 11.7. The van der Waals surface area contributed by atoms with Crippen molar-refractivity contribution in [2.45, 2.75) is 12.8 Å². The van der Waals surface area contributed by atoms with Crippen molar-refractivity contribution in [3.05, 3.63) is 35.9 Å². The van der Waals surface area contributed by atoms with Crippen molar-refractivity contribution in [2.24, 2.45) is 0 Å². The van der Waals surface area contributed by atoms with E-state index in [2.05, 4.69) is 0 Å². The minimum absolute atomic E-state index is 0.0240. The van der Waals surface area contributed by atoms with Crippen LogP contribution in [-0.2, 0) is 9.59 Å². The second-order valence-electron chi connectivity index (χ2n) is 4.92. The molecule has 1 aromatic rings. The maximum Gasteiger partial charge on any atom is 0.312 e. The molecule has 1 aromatic carbocycles. The Labute approximate surface area is 119 Å². The summed E-state index contributed by atoms with van der Waals surface area (Å²) in [5, 5.41) is 9.39. The lowest BCUT2D eigenvalue weighted by Crippen LogP contribution is -2.39. The van der Waals surface area contributed by atoms with Gasteiger partial charge in [0, 0.05) is 20.6 Å². The van der Waals surface area contributed by atoms with E-state index in [1.807, 2.05) is 30.0 Å². The number of carbonyl (C=O) groups excluding carboxylic acids is 1. The number of hydrogen-bond donors (Lipinski definition) is 1. The van der Waals surface area contributed by atoms with Gasteiger partial charge in [-0.1, -0.05) is 37.3 Å². The van der Waals surface area contributed by atoms with Gasteiger partial charge in [-0.15, -0.1) is 0 Å². The van der Waals surface area contributed by atoms with Gasteiger partial charge in [-0.2, -0.15) is 0 Å². The fourth-order valence-corrected chi connectivity index (χ4v) is 1.91. The standard InChI is InChI=1S/C15H22N2O3/c1-4-17(11-14(18)16(2)3)10-13(15(19)20)12-8-6-5-7-9-12/h5-9,13H,4,10-11H2,1-3H3,(H,19,20). The molecular formula is C15H22N2O3. The molecule has 1 rings (SSSR count). The Morgan fingerprint density at radius 3 is 2.25 bits per heavy atom. The number of benzene rings is 1. The van der Waals surface area contributed by atoms with E-state index >= 15 is 0 Å². The first-order chi connectivity index (χ1) is 9.45. The Morgan fingerprint density at radius 2 is 1.80 bits per heavy atom. The Hall–Kier alpha value is -1.88. The van der Waals surface area contributed by atoms with Crippen molar-refractivity contribution in [1.29, 1.82) is 0 Å². The molecule has 110 valence electrons. The fraction of sp³-hybridized carbons (Fsp3) is 0.467. The highest BCUT2D eigenvalue weighted by Gasteiger charge is 2.23. The predicted molar refractivity (Wildman–Crippen MR) is 77.6 cm³/mol. The zero-order valence-corrected chi connectivity index (χ0v) is 12.2. The molecule has 0 aromatic heterocycles. The molecule has 1 atom stereocenters. The first kappa shape index (κ1) is 16.2. The summed E-state index contributed by atoms with van der Waals surface area (Å²) in [5.41, 5.74) is 0.760. The molecule has 0 aliphatic rings. The predicted octanol–water partition coefficient (Wildman–Crippen LogP) is 1.26. The Balaban J connectivity index is 2.79. The third-order valence-electron chi connectivity index (χ3n) is 3.25. The second-order valence-corrected chi connectivity index (χ2v) is 4.92. The summed E-state index contributed by atoms with van der Waals surface area (Å²) in [4.78, 5) is 26.6. The molecule has 0 aliphatic carbocycles. The Bertz CT molecular complexity index is 446. The number of hydrogen-bond acceptors (Lipinski definition) is 3. The summed E-state index contributed by atoms with van der Waals surface area (Å²) in [6, 6.07) is 9.12. The van der Waals surface area contributed by atoms with Crippen molar-refractivity contribution < 1.29 is 14.7 Å². The lowest BCUT2D eigenvalue weighted by Gasteiger charge is -2.25. The molecule has 1 N–H and O–H groups in total. The van der Waals surface area contributed by atoms with E-state index in [9.17, 15) is 14.7 Å². The number of carboxylic acids is 1. The van der Waals surface area contributed by atoms with Gasteiger partial charge >= 0.3 is 5.97 Å². The summed E-state index contributed by atoms with van der Waals surface area (Å²) >= 11 is 0. The molecule has 1 unspecified atom stereocenters. The van der Waals surface area contributed by atoms with Crippen LogP contribution in [0.25, 0.3) is 0 Å². The van der Waals surface area contributed by atoms with Gasteiger partial charge in [0.2, 0.25) is 5.91 Å². The van der Waals surface area contributed by atoms with Crippen LogP contribution < -0.4 is 0 Å². The first-order valence-corrected chi connectivity index (χ1v) is 6.66. The normalized spacial score (nSPS) is 12.2. The molecule has 5 nitrogen and oxygen atoms in total. The van der Waals surface area contributed by atoms with Crippen LogP contribution in [0.4, 0.5) is 0 Å². The number of carbonyl (C=O) groups is 2. The van der Waals surface area contributed by atoms with Gasteiger partial charge in [0.25, 0.3) is 0 Å². The van der Waals surface area contributed by atoms with Crippen LogP contribution in [0, 0.1) is 0 Å². The zero-order chi connectivity index (χ0) is 15.1. The molecule has 0 saturated carbocycles. The lowest BCUT2D eigenvalue weighted by molar-refractivity contribution is -0.140. The van der Waals surface area contributed by atoms with E-state index in [0.717, 1.165) is 5.56 Å². The molecule has 0 fully saturated rings. The van der Waals surface area contributed by atoms with Crippen molar-refractivity contribution in [3.8, 4) is 0 Å². The number of rotatable bonds is 7. The third kappa shape index (κ3) is 4.66. The van der Waals surface area contributed by atoms with Gasteiger partial charge in [-0.25, -0.2) is 0 Å². The summed E-state index contributed by atoms with van der Waals surface area (Å²) in [7, 11) is 3.39. The van der Waals surface area contributed by atoms with Crippen LogP contribution in [-0.4, -0.2) is 60.5 Å². The van der Waals surface area contributed by atoms with E-state index in [1.165, 1.54) is 4.90 Å². The minimum atomic E-state index is -0.869. The van der Waals surface area contributed by atoms with Gasteiger partial charge in [0.1, 0.15) is 0 Å². The van der Waals surface area contributed by atoms with Crippen molar-refractivity contribution in [3.63, 3.8) is 0 Å². The molecule has 0 radical (unpaired) electrons. The summed E-state index contributed by atoms with van der Waals surface area (Å²) in [5.74, 6) is -1.51. The van der Waals surface area contributed by atoms with Crippen LogP contribution in [0.5, 0.6) is 0 Å². The average molecular weight is 278 g/mol. The minimum Gasteiger partial charge on any atom is -0.481 e. The van der Waals surface area contributed by atoms with Crippen molar-refractivity contribution >= 4 is 11.9 Å². The maximum absolute atomic E-state index is 11.7. The Morgan fingerprint density at radius 1 is 1.20 bits per heavy atom. The van der Waals surface area contributed by atoms with Gasteiger partial charge in [0.05, 0.1) is 12.5 Å². The molecule has 0 spiro atoms. The first-order valence-electron chi connectivity index (χ1n) is 6.66. The molecule has 1 amide bonds. The molecule has 5 heteroatoms. The molecule has 20 heavy (non-hydrogen) atoms. The quantitative estimate of drug-likeness (QED) is 0.816. The molecule has 0 aliphatic heterocycles. The SMILES string of the molecule is CCN(CC(=O)N(C)C)CC(C(=O)O)c1ccccc1. The number of carboxylic acid groups (broad SMARTS) is 1. The zero-order valence-electron chi connectivity index (χ0n) is 12.2. The highest BCUT2D eigenvalue weighted by atomic mass is 16.4. The van der Waals surface area contributed by atoms with Crippen LogP contribution in [0.15, 0.2) is 30.3 Å². The topological polar surface area (TPSA) is 60.9 Å². The lowest BCUT2D eigenvalue weighted by atomic mass is 9.98. The number of amides is 1. The van der Waals surface area contributed by atoms with Gasteiger partial charge in [-0.05, 0) is 12.1 Å². The van der Waals surface area contributed by atoms with Gasteiger partial charge < -0.3 is 10.0 Å². The van der Waals surface area contributed by atoms with E-state index in [0.29, 0.717) is 13.1 Å². The summed E-state index contributed by atoms with van der Waals surface area (Å²) in [6.07, 6.45) is 0. The van der Waals surface area contributed by atoms with Crippen LogP contribution >= 0.6 is 0 Å². The van der Waals surface area contributed by atoms with E-state index in [-0.39, 0.29) is 12.5 Å². The monoisotopic (exact) mass is 278 g/mol. The van der Waals surface area contributed by atoms with Gasteiger partial charge in [0.15, 0.2) is 0 Å². The van der Waals surface area contributed by atoms with Gasteiger partial charge in [-0.3, -0.25) is 14.5 Å². The second kappa shape index (κ2) is 7.65. The average Bonchev–Trinajstić information content (AvgIpc) is 2.43. The van der Waals surface area contributed by atoms with E-state index in [4.69, 9.17) is 0 Å². The molecule has 0 saturated heterocycles. The van der Waals surface area contributed by atoms with E-state index in [1.54, 1.807) is 26.2 Å². The smallest absolute Gasteiger partial charge is 0.312 e. The number of nitrogens with zero attached hydrogens (tertiary/aromatic N) is 2. The van der Waals surface area contributed by atoms with Crippen LogP contribution in [0.2, 0.25) is 0 Å². The summed E-state index contributed by atoms with van der Waals surface area (Å²) in [6.45, 7) is 3.12. The van der Waals surface area contributed by atoms with Crippen LogP contribution in [0.1, 0.15) is 18.4 Å². The number of likely N-dealkylation sites (N-methyl/N-ethyl adjacent to an activating group) is 2. The molecular weight excluding hydrogens is 256 g/mol.